The van der Waals surface area contributed by atoms with Crippen molar-refractivity contribution < 1.29 is 14.3 Å². The van der Waals surface area contributed by atoms with Gasteiger partial charge in [-0.2, -0.15) is 0 Å². The number of carbonyl (C=O) groups excluding carboxylic acids is 1. The zero-order chi connectivity index (χ0) is 28.0. The summed E-state index contributed by atoms with van der Waals surface area (Å²) in [6.07, 6.45) is 3.45. The molecule has 202 valence electrons. The summed E-state index contributed by atoms with van der Waals surface area (Å²) in [6.45, 7) is 6.62. The molecule has 0 saturated heterocycles. The first-order chi connectivity index (χ1) is 19.3. The van der Waals surface area contributed by atoms with Crippen LogP contribution in [0, 0.1) is 0 Å². The van der Waals surface area contributed by atoms with E-state index in [-0.39, 0.29) is 12.0 Å². The second-order valence-electron chi connectivity index (χ2n) is 10.1. The number of nitrogens with zero attached hydrogens (tertiary/aromatic N) is 4. The Hall–Kier alpha value is -5.18. The number of aromatic nitrogens is 4. The third kappa shape index (κ3) is 6.63. The molecule has 9 heteroatoms. The van der Waals surface area contributed by atoms with E-state index in [2.05, 4.69) is 46.7 Å². The van der Waals surface area contributed by atoms with E-state index in [0.29, 0.717) is 34.4 Å². The summed E-state index contributed by atoms with van der Waals surface area (Å²) < 4.78 is 13.7. The highest BCUT2D eigenvalue weighted by Crippen LogP contribution is 2.35. The van der Waals surface area contributed by atoms with Crippen molar-refractivity contribution in [2.75, 3.05) is 10.6 Å². The van der Waals surface area contributed by atoms with Gasteiger partial charge in [-0.1, -0.05) is 62.4 Å². The Morgan fingerprint density at radius 2 is 1.62 bits per heavy atom. The van der Waals surface area contributed by atoms with Crippen molar-refractivity contribution in [3.8, 4) is 23.1 Å². The number of hydrogen-bond acceptors (Lipinski definition) is 6. The van der Waals surface area contributed by atoms with Crippen molar-refractivity contribution in [1.29, 1.82) is 0 Å². The molecule has 0 unspecified atom stereocenters. The zero-order valence-corrected chi connectivity index (χ0v) is 22.5. The van der Waals surface area contributed by atoms with E-state index in [1.165, 1.54) is 0 Å². The van der Waals surface area contributed by atoms with Gasteiger partial charge in [0.25, 0.3) is 0 Å². The van der Waals surface area contributed by atoms with Gasteiger partial charge in [0.1, 0.15) is 29.5 Å². The van der Waals surface area contributed by atoms with E-state index in [9.17, 15) is 4.79 Å². The number of amides is 2. The van der Waals surface area contributed by atoms with Crippen molar-refractivity contribution in [3.63, 3.8) is 0 Å². The first-order valence-corrected chi connectivity index (χ1v) is 12.8. The molecule has 2 aromatic heterocycles. The van der Waals surface area contributed by atoms with Crippen LogP contribution >= 0.6 is 0 Å². The molecule has 0 saturated carbocycles. The average Bonchev–Trinajstić information content (AvgIpc) is 3.43. The summed E-state index contributed by atoms with van der Waals surface area (Å²) >= 11 is 0. The Bertz CT molecular complexity index is 1580. The first-order valence-electron chi connectivity index (χ1n) is 12.8. The van der Waals surface area contributed by atoms with Gasteiger partial charge in [0, 0.05) is 17.4 Å². The van der Waals surface area contributed by atoms with Gasteiger partial charge in [0.05, 0.1) is 11.9 Å². The van der Waals surface area contributed by atoms with Gasteiger partial charge >= 0.3 is 6.03 Å². The first kappa shape index (κ1) is 26.4. The molecule has 0 atom stereocenters. The fraction of sp³-hybridized carbons (Fsp3) is 0.161. The minimum Gasteiger partial charge on any atom is -0.487 e. The summed E-state index contributed by atoms with van der Waals surface area (Å²) in [6, 6.07) is 27.7. The fourth-order valence-electron chi connectivity index (χ4n) is 3.99. The smallest absolute Gasteiger partial charge is 0.323 e. The van der Waals surface area contributed by atoms with Crippen LogP contribution in [0.5, 0.6) is 17.4 Å². The summed E-state index contributed by atoms with van der Waals surface area (Å²) in [4.78, 5) is 17.1. The van der Waals surface area contributed by atoms with E-state index < -0.39 is 6.03 Å². The average molecular weight is 535 g/mol. The van der Waals surface area contributed by atoms with Crippen LogP contribution in [0.15, 0.2) is 103 Å². The second kappa shape index (κ2) is 11.7. The molecule has 5 aromatic rings. The lowest BCUT2D eigenvalue weighted by Crippen LogP contribution is -2.20. The lowest BCUT2D eigenvalue weighted by atomic mass is 9.86. The van der Waals surface area contributed by atoms with E-state index in [0.717, 1.165) is 11.3 Å². The molecule has 0 bridgehead atoms. The molecule has 5 rings (SSSR count). The van der Waals surface area contributed by atoms with Crippen LogP contribution in [-0.2, 0) is 12.0 Å². The minimum absolute atomic E-state index is 0.118. The summed E-state index contributed by atoms with van der Waals surface area (Å²) in [5.74, 6) is 1.64. The van der Waals surface area contributed by atoms with Crippen LogP contribution < -0.4 is 20.1 Å². The highest BCUT2D eigenvalue weighted by Gasteiger charge is 2.20. The molecule has 0 aliphatic heterocycles. The van der Waals surface area contributed by atoms with Gasteiger partial charge in [-0.3, -0.25) is 0 Å². The van der Waals surface area contributed by atoms with Crippen molar-refractivity contribution in [2.45, 2.75) is 32.8 Å². The molecule has 0 radical (unpaired) electrons. The summed E-state index contributed by atoms with van der Waals surface area (Å²) in [7, 11) is 0. The van der Waals surface area contributed by atoms with Crippen LogP contribution in [0.4, 0.5) is 16.2 Å². The molecule has 0 fully saturated rings. The largest absolute Gasteiger partial charge is 0.487 e. The fourth-order valence-corrected chi connectivity index (χ4v) is 3.99. The number of hydrogen-bond donors (Lipinski definition) is 2. The molecule has 2 amide bonds. The van der Waals surface area contributed by atoms with Gasteiger partial charge in [-0.25, -0.2) is 14.5 Å². The third-order valence-corrected chi connectivity index (χ3v) is 5.98. The van der Waals surface area contributed by atoms with Crippen molar-refractivity contribution in [2.24, 2.45) is 0 Å². The number of benzene rings is 3. The van der Waals surface area contributed by atoms with E-state index in [1.807, 2.05) is 60.8 Å². The van der Waals surface area contributed by atoms with E-state index >= 15 is 0 Å². The van der Waals surface area contributed by atoms with Crippen molar-refractivity contribution in [3.05, 3.63) is 115 Å². The Morgan fingerprint density at radius 1 is 0.875 bits per heavy atom. The molecule has 0 aliphatic rings. The minimum atomic E-state index is -0.423. The maximum absolute atomic E-state index is 12.8. The summed E-state index contributed by atoms with van der Waals surface area (Å²) in [5, 5.41) is 14.0. The molecule has 0 spiro atoms. The maximum atomic E-state index is 12.8. The van der Waals surface area contributed by atoms with Gasteiger partial charge in [-0.15, -0.1) is 5.10 Å². The van der Waals surface area contributed by atoms with Crippen LogP contribution in [0.1, 0.15) is 32.0 Å². The number of pyridine rings is 1. The third-order valence-electron chi connectivity index (χ3n) is 5.98. The second-order valence-corrected chi connectivity index (χ2v) is 10.1. The molecule has 2 heterocycles. The van der Waals surface area contributed by atoms with E-state index in [1.54, 1.807) is 47.3 Å². The predicted octanol–water partition coefficient (Wildman–Crippen LogP) is 6.98. The zero-order valence-electron chi connectivity index (χ0n) is 22.5. The SMILES string of the molecule is CC(C)(C)c1ccccc1Oc1ncccc1NC(=O)Nc1ccc(OCc2cn(-c3ccccc3)nn2)cc1. The molecular weight excluding hydrogens is 504 g/mol. The Kier molecular flexibility index (Phi) is 7.72. The molecular formula is C31H30N6O3. The molecule has 3 aromatic carbocycles. The topological polar surface area (TPSA) is 103 Å². The normalized spacial score (nSPS) is 11.1. The lowest BCUT2D eigenvalue weighted by molar-refractivity contribution is 0.262. The molecule has 0 aliphatic carbocycles. The van der Waals surface area contributed by atoms with Crippen LogP contribution in [-0.4, -0.2) is 26.0 Å². The highest BCUT2D eigenvalue weighted by atomic mass is 16.5. The molecule has 2 N–H and O–H groups in total. The number of anilines is 2. The molecule has 40 heavy (non-hydrogen) atoms. The highest BCUT2D eigenvalue weighted by molar-refractivity contribution is 6.00. The van der Waals surface area contributed by atoms with E-state index in [4.69, 9.17) is 9.47 Å². The van der Waals surface area contributed by atoms with Gasteiger partial charge in [0.2, 0.25) is 5.88 Å². The summed E-state index contributed by atoms with van der Waals surface area (Å²) in [5.41, 5.74) is 3.60. The maximum Gasteiger partial charge on any atom is 0.323 e. The number of rotatable bonds is 8. The van der Waals surface area contributed by atoms with Crippen molar-refractivity contribution >= 4 is 17.4 Å². The van der Waals surface area contributed by atoms with Crippen LogP contribution in [0.25, 0.3) is 5.69 Å². The number of urea groups is 1. The van der Waals surface area contributed by atoms with Gasteiger partial charge in [0.15, 0.2) is 0 Å². The van der Waals surface area contributed by atoms with Crippen LogP contribution in [0.2, 0.25) is 0 Å². The Labute approximate surface area is 232 Å². The number of ether oxygens (including phenoxy) is 2. The molecule has 9 nitrogen and oxygen atoms in total. The number of carbonyl (C=O) groups is 1. The number of nitrogens with one attached hydrogen (secondary N) is 2. The Morgan fingerprint density at radius 3 is 2.40 bits per heavy atom. The van der Waals surface area contributed by atoms with Gasteiger partial charge < -0.3 is 20.1 Å². The van der Waals surface area contributed by atoms with Gasteiger partial charge in [-0.05, 0) is 60.0 Å². The lowest BCUT2D eigenvalue weighted by Gasteiger charge is -2.22. The van der Waals surface area contributed by atoms with Crippen molar-refractivity contribution in [1.82, 2.24) is 20.0 Å². The standard InChI is InChI=1S/C31H30N6O3/c1-31(2,3)26-12-7-8-14-28(26)40-29-27(13-9-19-32-29)34-30(38)33-22-15-17-25(18-16-22)39-21-23-20-37(36-35-23)24-10-5-4-6-11-24/h4-20H,21H2,1-3H3,(H2,33,34,38). The number of para-hydroxylation sites is 2. The van der Waals surface area contributed by atoms with Crippen LogP contribution in [0.3, 0.4) is 0 Å². The monoisotopic (exact) mass is 534 g/mol. The predicted molar refractivity (Wildman–Crippen MR) is 154 cm³/mol. The Balaban J connectivity index is 1.17. The quantitative estimate of drug-likeness (QED) is 0.223.